The zero-order chi connectivity index (χ0) is 18.1. The summed E-state index contributed by atoms with van der Waals surface area (Å²) in [6.45, 7) is 3.40. The molecule has 2 aromatic carbocycles. The summed E-state index contributed by atoms with van der Waals surface area (Å²) in [4.78, 5) is 28.7. The van der Waals surface area contributed by atoms with E-state index in [9.17, 15) is 14.7 Å². The van der Waals surface area contributed by atoms with Crippen LogP contribution in [-0.4, -0.2) is 29.9 Å². The van der Waals surface area contributed by atoms with Crippen LogP contribution in [0.25, 0.3) is 10.8 Å². The molecule has 0 spiro atoms. The van der Waals surface area contributed by atoms with Gasteiger partial charge in [-0.3, -0.25) is 9.79 Å². The highest BCUT2D eigenvalue weighted by Crippen LogP contribution is 2.42. The Morgan fingerprint density at radius 1 is 1.08 bits per heavy atom. The maximum absolute atomic E-state index is 12.4. The first-order valence-electron chi connectivity index (χ1n) is 8.00. The van der Waals surface area contributed by atoms with E-state index in [2.05, 4.69) is 4.99 Å². The number of methoxy groups -OCH3 is 1. The molecule has 128 valence electrons. The number of allylic oxidation sites excluding steroid dienone is 1. The summed E-state index contributed by atoms with van der Waals surface area (Å²) in [6, 6.07) is 13.4. The van der Waals surface area contributed by atoms with E-state index in [-0.39, 0.29) is 0 Å². The standard InChI is InChI=1S/C20H19NO4/c1-11-16(19(22)23)18(17(12(2)21-11)20(24)25-3)15-10-6-8-13-7-4-5-9-14(13)15/h4-10,16,18H,1-3H3,(H,22,23). The summed E-state index contributed by atoms with van der Waals surface area (Å²) >= 11 is 0. The molecule has 1 heterocycles. The number of fused-ring (bicyclic) bond motifs is 1. The van der Waals surface area contributed by atoms with E-state index in [1.807, 2.05) is 42.5 Å². The molecule has 5 heteroatoms. The van der Waals surface area contributed by atoms with Gasteiger partial charge in [-0.15, -0.1) is 0 Å². The number of carbonyl (C=O) groups is 2. The first-order valence-corrected chi connectivity index (χ1v) is 8.00. The van der Waals surface area contributed by atoms with Gasteiger partial charge in [0.15, 0.2) is 0 Å². The number of nitrogens with zero attached hydrogens (tertiary/aromatic N) is 1. The molecule has 1 aliphatic rings. The number of carboxylic acids is 1. The van der Waals surface area contributed by atoms with E-state index in [1.165, 1.54) is 7.11 Å². The van der Waals surface area contributed by atoms with Gasteiger partial charge in [-0.25, -0.2) is 4.79 Å². The number of esters is 1. The molecule has 0 saturated heterocycles. The molecule has 25 heavy (non-hydrogen) atoms. The number of carbonyl (C=O) groups excluding carboxylic acids is 1. The van der Waals surface area contributed by atoms with Crippen molar-refractivity contribution in [3.8, 4) is 0 Å². The molecule has 3 rings (SSSR count). The Bertz CT molecular complexity index is 921. The third-order valence-electron chi connectivity index (χ3n) is 4.66. The Hall–Kier alpha value is -2.95. The van der Waals surface area contributed by atoms with Gasteiger partial charge in [0, 0.05) is 17.3 Å². The molecular weight excluding hydrogens is 318 g/mol. The van der Waals surface area contributed by atoms with Crippen molar-refractivity contribution < 1.29 is 19.4 Å². The van der Waals surface area contributed by atoms with Crippen LogP contribution in [0.15, 0.2) is 58.7 Å². The monoisotopic (exact) mass is 337 g/mol. The highest BCUT2D eigenvalue weighted by Gasteiger charge is 2.41. The number of aliphatic carboxylic acids is 1. The zero-order valence-corrected chi connectivity index (χ0v) is 14.3. The van der Waals surface area contributed by atoms with Crippen molar-refractivity contribution in [2.24, 2.45) is 10.9 Å². The lowest BCUT2D eigenvalue weighted by Crippen LogP contribution is -2.35. The average Bonchev–Trinajstić information content (AvgIpc) is 2.59. The molecule has 0 saturated carbocycles. The number of benzene rings is 2. The first-order chi connectivity index (χ1) is 12.0. The number of carboxylic acid groups (broad SMARTS) is 1. The van der Waals surface area contributed by atoms with Crippen LogP contribution < -0.4 is 0 Å². The number of aliphatic imine (C=N–C) groups is 1. The maximum atomic E-state index is 12.4. The molecule has 0 amide bonds. The molecule has 0 aliphatic carbocycles. The smallest absolute Gasteiger partial charge is 0.336 e. The largest absolute Gasteiger partial charge is 0.481 e. The number of hydrogen-bond acceptors (Lipinski definition) is 4. The summed E-state index contributed by atoms with van der Waals surface area (Å²) in [7, 11) is 1.30. The molecule has 2 atom stereocenters. The van der Waals surface area contributed by atoms with Crippen LogP contribution in [0.3, 0.4) is 0 Å². The predicted octanol–water partition coefficient (Wildman–Crippen LogP) is 3.55. The molecule has 0 radical (unpaired) electrons. The highest BCUT2D eigenvalue weighted by atomic mass is 16.5. The van der Waals surface area contributed by atoms with Crippen LogP contribution >= 0.6 is 0 Å². The molecular formula is C20H19NO4. The Morgan fingerprint density at radius 3 is 2.44 bits per heavy atom. The maximum Gasteiger partial charge on any atom is 0.336 e. The van der Waals surface area contributed by atoms with Crippen molar-refractivity contribution >= 4 is 28.4 Å². The van der Waals surface area contributed by atoms with Gasteiger partial charge in [0.1, 0.15) is 5.92 Å². The molecule has 2 aromatic rings. The van der Waals surface area contributed by atoms with Gasteiger partial charge >= 0.3 is 11.9 Å². The van der Waals surface area contributed by atoms with E-state index in [0.29, 0.717) is 17.0 Å². The molecule has 0 bridgehead atoms. The fourth-order valence-electron chi connectivity index (χ4n) is 3.59. The topological polar surface area (TPSA) is 76.0 Å². The van der Waals surface area contributed by atoms with Crippen LogP contribution in [0.1, 0.15) is 25.3 Å². The summed E-state index contributed by atoms with van der Waals surface area (Å²) in [5, 5.41) is 11.7. The van der Waals surface area contributed by atoms with E-state index >= 15 is 0 Å². The van der Waals surface area contributed by atoms with Crippen molar-refractivity contribution in [1.29, 1.82) is 0 Å². The SMILES string of the molecule is COC(=O)C1=C(C)N=C(C)C(C(=O)O)C1c1cccc2ccccc12. The number of ether oxygens (including phenoxy) is 1. The van der Waals surface area contributed by atoms with Crippen molar-refractivity contribution in [2.45, 2.75) is 19.8 Å². The third kappa shape index (κ3) is 2.82. The van der Waals surface area contributed by atoms with Gasteiger partial charge in [0.2, 0.25) is 0 Å². The Labute approximate surface area is 145 Å². The van der Waals surface area contributed by atoms with Crippen LogP contribution in [0.2, 0.25) is 0 Å². The van der Waals surface area contributed by atoms with E-state index in [0.717, 1.165) is 16.3 Å². The van der Waals surface area contributed by atoms with Gasteiger partial charge in [-0.2, -0.15) is 0 Å². The molecule has 1 aliphatic heterocycles. The summed E-state index contributed by atoms with van der Waals surface area (Å²) in [6.07, 6.45) is 0. The van der Waals surface area contributed by atoms with Crippen molar-refractivity contribution in [3.63, 3.8) is 0 Å². The second kappa shape index (κ2) is 6.51. The predicted molar refractivity (Wildman–Crippen MR) is 95.6 cm³/mol. The van der Waals surface area contributed by atoms with Crippen molar-refractivity contribution in [2.75, 3.05) is 7.11 Å². The highest BCUT2D eigenvalue weighted by molar-refractivity contribution is 6.07. The average molecular weight is 337 g/mol. The van der Waals surface area contributed by atoms with Gasteiger partial charge < -0.3 is 9.84 Å². The van der Waals surface area contributed by atoms with E-state index < -0.39 is 23.8 Å². The molecule has 1 N–H and O–H groups in total. The Kier molecular flexibility index (Phi) is 4.40. The van der Waals surface area contributed by atoms with Crippen LogP contribution in [0, 0.1) is 5.92 Å². The molecule has 0 fully saturated rings. The first kappa shape index (κ1) is 16.9. The summed E-state index contributed by atoms with van der Waals surface area (Å²) < 4.78 is 4.93. The minimum Gasteiger partial charge on any atom is -0.481 e. The normalized spacial score (nSPS) is 20.4. The minimum atomic E-state index is -1.01. The second-order valence-corrected chi connectivity index (χ2v) is 6.11. The minimum absolute atomic E-state index is 0.303. The molecule has 0 aromatic heterocycles. The Balaban J connectivity index is 2.32. The van der Waals surface area contributed by atoms with Crippen LogP contribution in [0.4, 0.5) is 0 Å². The lowest BCUT2D eigenvalue weighted by Gasteiger charge is -2.31. The Morgan fingerprint density at radius 2 is 1.76 bits per heavy atom. The number of rotatable bonds is 3. The van der Waals surface area contributed by atoms with E-state index in [4.69, 9.17) is 4.74 Å². The van der Waals surface area contributed by atoms with Gasteiger partial charge in [0.25, 0.3) is 0 Å². The summed E-state index contributed by atoms with van der Waals surface area (Å²) in [5.41, 5.74) is 2.08. The van der Waals surface area contributed by atoms with Gasteiger partial charge in [-0.05, 0) is 30.2 Å². The van der Waals surface area contributed by atoms with Crippen LogP contribution in [-0.2, 0) is 14.3 Å². The second-order valence-electron chi connectivity index (χ2n) is 6.11. The van der Waals surface area contributed by atoms with Crippen molar-refractivity contribution in [3.05, 3.63) is 59.3 Å². The third-order valence-corrected chi connectivity index (χ3v) is 4.66. The van der Waals surface area contributed by atoms with Crippen LogP contribution in [0.5, 0.6) is 0 Å². The van der Waals surface area contributed by atoms with Crippen molar-refractivity contribution in [1.82, 2.24) is 0 Å². The zero-order valence-electron chi connectivity index (χ0n) is 14.3. The lowest BCUT2D eigenvalue weighted by atomic mass is 9.74. The number of hydrogen-bond donors (Lipinski definition) is 1. The van der Waals surface area contributed by atoms with Gasteiger partial charge in [0.05, 0.1) is 12.7 Å². The molecule has 5 nitrogen and oxygen atoms in total. The fraction of sp³-hybridized carbons (Fsp3) is 0.250. The van der Waals surface area contributed by atoms with E-state index in [1.54, 1.807) is 13.8 Å². The summed E-state index contributed by atoms with van der Waals surface area (Å²) in [5.74, 6) is -3.11. The quantitative estimate of drug-likeness (QED) is 0.869. The lowest BCUT2D eigenvalue weighted by molar-refractivity contribution is -0.140. The molecule has 2 unspecified atom stereocenters. The fourth-order valence-corrected chi connectivity index (χ4v) is 3.59. The van der Waals surface area contributed by atoms with Gasteiger partial charge in [-0.1, -0.05) is 42.5 Å².